The van der Waals surface area contributed by atoms with Gasteiger partial charge in [-0.1, -0.05) is 33.1 Å². The molecule has 19 heavy (non-hydrogen) atoms. The molecule has 1 atom stereocenters. The van der Waals surface area contributed by atoms with Crippen LogP contribution in [0.4, 0.5) is 11.6 Å². The van der Waals surface area contributed by atoms with Gasteiger partial charge in [0.1, 0.15) is 17.5 Å². The number of nitrogens with zero attached hydrogens (tertiary/aromatic N) is 2. The van der Waals surface area contributed by atoms with Gasteiger partial charge in [0.2, 0.25) is 0 Å². The second-order valence-electron chi connectivity index (χ2n) is 5.58. The van der Waals surface area contributed by atoms with E-state index in [2.05, 4.69) is 29.1 Å². The van der Waals surface area contributed by atoms with Gasteiger partial charge in [-0.2, -0.15) is 0 Å². The van der Waals surface area contributed by atoms with Gasteiger partial charge in [0.15, 0.2) is 0 Å². The van der Waals surface area contributed by atoms with Gasteiger partial charge in [-0.25, -0.2) is 9.97 Å². The first kappa shape index (κ1) is 14.1. The van der Waals surface area contributed by atoms with E-state index in [0.717, 1.165) is 11.6 Å². The summed E-state index contributed by atoms with van der Waals surface area (Å²) in [6.07, 6.45) is 8.48. The lowest BCUT2D eigenvalue weighted by molar-refractivity contribution is 0.562. The molecule has 0 bridgehead atoms. The molecule has 1 saturated carbocycles. The Hall–Kier alpha value is -1.32. The molecule has 106 valence electrons. The van der Waals surface area contributed by atoms with Crippen LogP contribution in [0.15, 0.2) is 6.07 Å². The van der Waals surface area contributed by atoms with Crippen molar-refractivity contribution in [2.75, 3.05) is 11.1 Å². The Morgan fingerprint density at radius 2 is 2.05 bits per heavy atom. The highest BCUT2D eigenvalue weighted by atomic mass is 15.1. The number of hydrogen-bond donors (Lipinski definition) is 2. The average molecular weight is 262 g/mol. The zero-order valence-electron chi connectivity index (χ0n) is 12.2. The van der Waals surface area contributed by atoms with Crippen molar-refractivity contribution in [1.82, 2.24) is 9.97 Å². The first-order chi connectivity index (χ1) is 9.22. The van der Waals surface area contributed by atoms with E-state index in [1.54, 1.807) is 0 Å². The Kier molecular flexibility index (Phi) is 5.00. The Bertz CT molecular complexity index is 401. The first-order valence-corrected chi connectivity index (χ1v) is 7.64. The summed E-state index contributed by atoms with van der Waals surface area (Å²) in [6.45, 7) is 4.46. The Morgan fingerprint density at radius 1 is 1.26 bits per heavy atom. The summed E-state index contributed by atoms with van der Waals surface area (Å²) in [7, 11) is 0. The molecule has 0 spiro atoms. The van der Waals surface area contributed by atoms with E-state index in [4.69, 9.17) is 5.73 Å². The van der Waals surface area contributed by atoms with Crippen LogP contribution < -0.4 is 11.1 Å². The van der Waals surface area contributed by atoms with E-state index in [1.165, 1.54) is 44.9 Å². The van der Waals surface area contributed by atoms with Crippen molar-refractivity contribution in [3.05, 3.63) is 11.9 Å². The molecule has 1 heterocycles. The molecule has 0 aliphatic heterocycles. The normalized spacial score (nSPS) is 16.3. The van der Waals surface area contributed by atoms with Gasteiger partial charge >= 0.3 is 0 Å². The third-order valence-electron chi connectivity index (χ3n) is 3.60. The molecule has 3 N–H and O–H groups in total. The lowest BCUT2D eigenvalue weighted by Crippen LogP contribution is -2.20. The topological polar surface area (TPSA) is 63.8 Å². The number of nitrogen functional groups attached to an aromatic ring is 1. The van der Waals surface area contributed by atoms with Gasteiger partial charge in [0, 0.05) is 18.0 Å². The molecule has 1 aliphatic rings. The Morgan fingerprint density at radius 3 is 2.68 bits per heavy atom. The van der Waals surface area contributed by atoms with Crippen molar-refractivity contribution in [3.63, 3.8) is 0 Å². The zero-order chi connectivity index (χ0) is 13.7. The van der Waals surface area contributed by atoms with Crippen LogP contribution in [0.1, 0.15) is 70.5 Å². The van der Waals surface area contributed by atoms with Crippen LogP contribution in [0.2, 0.25) is 0 Å². The summed E-state index contributed by atoms with van der Waals surface area (Å²) in [5.74, 6) is 2.96. The van der Waals surface area contributed by atoms with Crippen LogP contribution in [0.5, 0.6) is 0 Å². The maximum absolute atomic E-state index is 5.88. The highest BCUT2D eigenvalue weighted by Crippen LogP contribution is 2.38. The number of hydrogen-bond acceptors (Lipinski definition) is 4. The zero-order valence-corrected chi connectivity index (χ0v) is 12.2. The fraction of sp³-hybridized carbons (Fsp3) is 0.733. The third-order valence-corrected chi connectivity index (χ3v) is 3.60. The minimum Gasteiger partial charge on any atom is -0.384 e. The summed E-state index contributed by atoms with van der Waals surface area (Å²) in [5, 5.41) is 3.55. The lowest BCUT2D eigenvalue weighted by atomic mass is 10.1. The van der Waals surface area contributed by atoms with Crippen LogP contribution in [-0.2, 0) is 0 Å². The molecule has 0 saturated heterocycles. The third kappa shape index (κ3) is 4.37. The Balaban J connectivity index is 2.02. The van der Waals surface area contributed by atoms with Crippen LogP contribution in [-0.4, -0.2) is 16.0 Å². The summed E-state index contributed by atoms with van der Waals surface area (Å²) in [4.78, 5) is 8.96. The largest absolute Gasteiger partial charge is 0.384 e. The van der Waals surface area contributed by atoms with Gasteiger partial charge in [0.05, 0.1) is 0 Å². The number of anilines is 2. The molecule has 4 heteroatoms. The monoisotopic (exact) mass is 262 g/mol. The molecule has 2 rings (SSSR count). The predicted molar refractivity (Wildman–Crippen MR) is 80.3 cm³/mol. The van der Waals surface area contributed by atoms with E-state index < -0.39 is 0 Å². The minimum absolute atomic E-state index is 0.506. The molecule has 0 radical (unpaired) electrons. The molecule has 1 aromatic heterocycles. The number of nitrogens with two attached hydrogens (primary N) is 1. The maximum atomic E-state index is 5.88. The molecule has 1 aliphatic carbocycles. The van der Waals surface area contributed by atoms with Crippen molar-refractivity contribution >= 4 is 11.6 Å². The van der Waals surface area contributed by atoms with E-state index in [0.29, 0.717) is 17.8 Å². The Labute approximate surface area is 116 Å². The predicted octanol–water partition coefficient (Wildman–Crippen LogP) is 3.71. The lowest BCUT2D eigenvalue weighted by Gasteiger charge is -2.19. The molecular formula is C15H26N4. The van der Waals surface area contributed by atoms with E-state index in [-0.39, 0.29) is 0 Å². The highest BCUT2D eigenvalue weighted by Gasteiger charge is 2.27. The number of aromatic nitrogens is 2. The van der Waals surface area contributed by atoms with E-state index in [1.807, 2.05) is 6.07 Å². The molecule has 1 fully saturated rings. The molecular weight excluding hydrogens is 236 g/mol. The molecule has 0 aromatic carbocycles. The van der Waals surface area contributed by atoms with Crippen molar-refractivity contribution in [1.29, 1.82) is 0 Å². The molecule has 1 aromatic rings. The van der Waals surface area contributed by atoms with Crippen molar-refractivity contribution in [3.8, 4) is 0 Å². The van der Waals surface area contributed by atoms with Crippen molar-refractivity contribution < 1.29 is 0 Å². The molecule has 4 nitrogen and oxygen atoms in total. The van der Waals surface area contributed by atoms with Gasteiger partial charge in [-0.15, -0.1) is 0 Å². The van der Waals surface area contributed by atoms with Crippen LogP contribution in [0, 0.1) is 0 Å². The van der Waals surface area contributed by atoms with E-state index in [9.17, 15) is 0 Å². The first-order valence-electron chi connectivity index (χ1n) is 7.64. The second kappa shape index (κ2) is 6.73. The maximum Gasteiger partial charge on any atom is 0.136 e. The van der Waals surface area contributed by atoms with Crippen molar-refractivity contribution in [2.24, 2.45) is 0 Å². The number of nitrogens with one attached hydrogen (secondary N) is 1. The van der Waals surface area contributed by atoms with Crippen LogP contribution >= 0.6 is 0 Å². The summed E-state index contributed by atoms with van der Waals surface area (Å²) >= 11 is 0. The van der Waals surface area contributed by atoms with Crippen LogP contribution in [0.25, 0.3) is 0 Å². The van der Waals surface area contributed by atoms with Gasteiger partial charge < -0.3 is 11.1 Å². The average Bonchev–Trinajstić information content (AvgIpc) is 3.19. The SMILES string of the molecule is CCCCC(CCC)Nc1cc(N)nc(C2CC2)n1. The van der Waals surface area contributed by atoms with Gasteiger partial charge in [0.25, 0.3) is 0 Å². The minimum atomic E-state index is 0.506. The van der Waals surface area contributed by atoms with Gasteiger partial charge in [-0.05, 0) is 25.7 Å². The second-order valence-corrected chi connectivity index (χ2v) is 5.58. The summed E-state index contributed by atoms with van der Waals surface area (Å²) < 4.78 is 0. The quantitative estimate of drug-likeness (QED) is 0.749. The fourth-order valence-electron chi connectivity index (χ4n) is 2.38. The summed E-state index contributed by atoms with van der Waals surface area (Å²) in [6, 6.07) is 2.37. The standard InChI is InChI=1S/C15H26N4/c1-3-5-7-12(6-4-2)17-14-10-13(16)18-15(19-14)11-8-9-11/h10-12H,3-9H2,1-2H3,(H3,16,17,18,19). The van der Waals surface area contributed by atoms with Gasteiger partial charge in [-0.3, -0.25) is 0 Å². The van der Waals surface area contributed by atoms with Crippen LogP contribution in [0.3, 0.4) is 0 Å². The molecule has 1 unspecified atom stereocenters. The summed E-state index contributed by atoms with van der Waals surface area (Å²) in [5.41, 5.74) is 5.88. The number of unbranched alkanes of at least 4 members (excludes halogenated alkanes) is 1. The highest BCUT2D eigenvalue weighted by molar-refractivity contribution is 5.46. The fourth-order valence-corrected chi connectivity index (χ4v) is 2.38. The number of rotatable bonds is 8. The smallest absolute Gasteiger partial charge is 0.136 e. The van der Waals surface area contributed by atoms with Crippen molar-refractivity contribution in [2.45, 2.75) is 70.8 Å². The molecule has 0 amide bonds. The van der Waals surface area contributed by atoms with E-state index >= 15 is 0 Å².